The fraction of sp³-hybridized carbons (Fsp3) is 0.190. The molecule has 9 heteroatoms. The summed E-state index contributed by atoms with van der Waals surface area (Å²) in [5.74, 6) is -1.34. The Morgan fingerprint density at radius 2 is 0.882 bits per heavy atom. The van der Waals surface area contributed by atoms with Crippen molar-refractivity contribution >= 4 is 104 Å². The van der Waals surface area contributed by atoms with Crippen molar-refractivity contribution in [2.24, 2.45) is 0 Å². The quantitative estimate of drug-likeness (QED) is 0.0683. The summed E-state index contributed by atoms with van der Waals surface area (Å²) in [6.07, 6.45) is 10.6. The SMILES string of the molecule is CCC[CH2][Sn]1([CH2]CCC)[c]2cc3c4c(ccc5c6ccc7c8c(c[c]1c(c2c45)c86)C(=O)N(c1ccncc1)C7=O)C(=O)N(c1ccncc1)C3=O. The summed E-state index contributed by atoms with van der Waals surface area (Å²) in [5, 5.41) is 7.50. The average molecular weight is 775 g/mol. The van der Waals surface area contributed by atoms with Crippen molar-refractivity contribution < 1.29 is 19.2 Å². The van der Waals surface area contributed by atoms with Gasteiger partial charge in [-0.05, 0) is 0 Å². The Morgan fingerprint density at radius 1 is 0.490 bits per heavy atom. The number of rotatable bonds is 8. The van der Waals surface area contributed by atoms with Crippen molar-refractivity contribution in [3.8, 4) is 0 Å². The molecule has 0 bridgehead atoms. The topological polar surface area (TPSA) is 101 Å². The van der Waals surface area contributed by atoms with Gasteiger partial charge in [0.05, 0.1) is 0 Å². The molecule has 7 aromatic rings. The van der Waals surface area contributed by atoms with Crippen LogP contribution in [0.15, 0.2) is 85.5 Å². The van der Waals surface area contributed by atoms with Crippen LogP contribution in [-0.4, -0.2) is 52.0 Å². The maximum atomic E-state index is 14.7. The molecule has 0 fully saturated rings. The van der Waals surface area contributed by atoms with Crippen molar-refractivity contribution in [1.29, 1.82) is 0 Å². The Morgan fingerprint density at radius 3 is 1.27 bits per heavy atom. The van der Waals surface area contributed by atoms with Crippen LogP contribution >= 0.6 is 0 Å². The minimum absolute atomic E-state index is 0.320. The number of carbonyl (C=O) groups is 4. The number of amides is 4. The molecule has 5 heterocycles. The molecule has 0 saturated heterocycles. The predicted molar refractivity (Wildman–Crippen MR) is 203 cm³/mol. The van der Waals surface area contributed by atoms with Crippen molar-refractivity contribution in [3.63, 3.8) is 0 Å². The normalized spacial score (nSPS) is 16.0. The minimum atomic E-state index is -3.73. The van der Waals surface area contributed by atoms with Crippen molar-refractivity contribution in [2.75, 3.05) is 9.80 Å². The first-order valence-electron chi connectivity index (χ1n) is 17.8. The second-order valence-corrected chi connectivity index (χ2v) is 26.2. The third-order valence-corrected chi connectivity index (χ3v) is 26.7. The van der Waals surface area contributed by atoms with Gasteiger partial charge < -0.3 is 0 Å². The van der Waals surface area contributed by atoms with E-state index in [0.717, 1.165) is 66.9 Å². The van der Waals surface area contributed by atoms with Crippen LogP contribution in [-0.2, 0) is 0 Å². The van der Waals surface area contributed by atoms with Gasteiger partial charge in [0.15, 0.2) is 0 Å². The average Bonchev–Trinajstić information content (AvgIpc) is 3.44. The molecule has 2 aromatic heterocycles. The molecule has 248 valence electrons. The fourth-order valence-electron chi connectivity index (χ4n) is 9.44. The summed E-state index contributed by atoms with van der Waals surface area (Å²) in [7, 11) is 0. The predicted octanol–water partition coefficient (Wildman–Crippen LogP) is 7.61. The molecule has 0 atom stereocenters. The first kappa shape index (κ1) is 30.6. The molecule has 51 heavy (non-hydrogen) atoms. The van der Waals surface area contributed by atoms with Gasteiger partial charge in [-0.15, -0.1) is 0 Å². The fourth-order valence-corrected chi connectivity index (χ4v) is 26.1. The number of fused-ring (bicyclic) bond motifs is 1. The third-order valence-electron chi connectivity index (χ3n) is 11.6. The summed E-state index contributed by atoms with van der Waals surface area (Å²) in [4.78, 5) is 68.7. The summed E-state index contributed by atoms with van der Waals surface area (Å²) in [6.45, 7) is 4.45. The van der Waals surface area contributed by atoms with Crippen LogP contribution in [0.25, 0.3) is 43.1 Å². The Hall–Kier alpha value is -5.22. The molecule has 0 radical (unpaired) electrons. The molecule has 0 spiro atoms. The van der Waals surface area contributed by atoms with Gasteiger partial charge in [-0.1, -0.05) is 0 Å². The standard InChI is InChI=1S/C34H14N4O4.2C4H9.Sn/c39-31-23-5-1-19-20-2-6-25-30-26(34(42)38(33(25)41)18-11-15-36-16-12-18)8-4-22(28(20)30)21-3-7-24(29(23)27(19)21)32(40)37(31)17-9-13-35-14-10-17;2*1-3-4-2;/h1-2,5-16H;2*1,3-4H2,2H3;. The van der Waals surface area contributed by atoms with Gasteiger partial charge in [0.1, 0.15) is 0 Å². The zero-order valence-electron chi connectivity index (χ0n) is 28.2. The Balaban J connectivity index is 1.36. The second kappa shape index (κ2) is 10.9. The summed E-state index contributed by atoms with van der Waals surface area (Å²) >= 11 is -3.73. The van der Waals surface area contributed by atoms with Crippen LogP contribution in [0.3, 0.4) is 0 Å². The van der Waals surface area contributed by atoms with Crippen LogP contribution in [0.2, 0.25) is 8.87 Å². The Kier molecular flexibility index (Phi) is 6.53. The van der Waals surface area contributed by atoms with Crippen molar-refractivity contribution in [2.45, 2.75) is 48.4 Å². The van der Waals surface area contributed by atoms with Gasteiger partial charge in [-0.25, -0.2) is 0 Å². The first-order chi connectivity index (χ1) is 24.9. The van der Waals surface area contributed by atoms with Crippen LogP contribution in [0, 0.1) is 0 Å². The molecule has 3 aliphatic heterocycles. The van der Waals surface area contributed by atoms with E-state index in [0.29, 0.717) is 44.4 Å². The molecule has 5 aromatic carbocycles. The molecule has 0 unspecified atom stereocenters. The number of nitrogens with zero attached hydrogens (tertiary/aromatic N) is 4. The molecular weight excluding hydrogens is 743 g/mol. The molecule has 8 nitrogen and oxygen atoms in total. The number of aromatic nitrogens is 2. The van der Waals surface area contributed by atoms with Crippen LogP contribution in [0.4, 0.5) is 11.4 Å². The first-order valence-corrected chi connectivity index (χ1v) is 24.7. The van der Waals surface area contributed by atoms with Gasteiger partial charge in [-0.2, -0.15) is 0 Å². The van der Waals surface area contributed by atoms with E-state index in [1.165, 1.54) is 17.0 Å². The van der Waals surface area contributed by atoms with Crippen molar-refractivity contribution in [3.05, 3.63) is 108 Å². The van der Waals surface area contributed by atoms with Crippen LogP contribution in [0.1, 0.15) is 81.0 Å². The van der Waals surface area contributed by atoms with E-state index in [2.05, 4.69) is 35.9 Å². The molecule has 0 saturated carbocycles. The molecule has 3 aliphatic rings. The number of unbranched alkanes of at least 4 members (excludes halogenated alkanes) is 2. The number of anilines is 2. The van der Waals surface area contributed by atoms with E-state index in [4.69, 9.17) is 0 Å². The van der Waals surface area contributed by atoms with E-state index >= 15 is 0 Å². The number of carbonyl (C=O) groups excluding carboxylic acids is 4. The molecule has 10 rings (SSSR count). The number of hydrogen-bond donors (Lipinski definition) is 0. The van der Waals surface area contributed by atoms with Crippen molar-refractivity contribution in [1.82, 2.24) is 9.97 Å². The third kappa shape index (κ3) is 3.80. The number of benzene rings is 5. The molecule has 0 N–H and O–H groups in total. The summed E-state index contributed by atoms with van der Waals surface area (Å²) in [5.41, 5.74) is 3.13. The van der Waals surface area contributed by atoms with Crippen LogP contribution in [0.5, 0.6) is 0 Å². The van der Waals surface area contributed by atoms with E-state index in [1.54, 1.807) is 49.1 Å². The van der Waals surface area contributed by atoms with E-state index in [-0.39, 0.29) is 23.6 Å². The Labute approximate surface area is 297 Å². The van der Waals surface area contributed by atoms with E-state index in [1.807, 2.05) is 24.3 Å². The zero-order chi connectivity index (χ0) is 34.8. The zero-order valence-corrected chi connectivity index (χ0v) is 31.1. The maximum absolute atomic E-state index is 14.7. The van der Waals surface area contributed by atoms with E-state index in [9.17, 15) is 19.2 Å². The van der Waals surface area contributed by atoms with Gasteiger partial charge in [0, 0.05) is 0 Å². The van der Waals surface area contributed by atoms with Gasteiger partial charge in [0.25, 0.3) is 0 Å². The summed E-state index contributed by atoms with van der Waals surface area (Å²) in [6, 6.07) is 18.8. The molecule has 4 amide bonds. The number of pyridine rings is 2. The van der Waals surface area contributed by atoms with Crippen LogP contribution < -0.4 is 17.0 Å². The monoisotopic (exact) mass is 776 g/mol. The number of hydrogen-bond acceptors (Lipinski definition) is 6. The Bertz CT molecular complexity index is 2520. The van der Waals surface area contributed by atoms with Gasteiger partial charge in [0.2, 0.25) is 0 Å². The number of imide groups is 2. The second-order valence-electron chi connectivity index (χ2n) is 14.1. The van der Waals surface area contributed by atoms with E-state index < -0.39 is 18.4 Å². The molecular formula is C42H32N4O4Sn. The molecule has 0 aliphatic carbocycles. The summed E-state index contributed by atoms with van der Waals surface area (Å²) < 4.78 is 4.68. The van der Waals surface area contributed by atoms with Gasteiger partial charge >= 0.3 is 299 Å². The van der Waals surface area contributed by atoms with Gasteiger partial charge in [-0.3, -0.25) is 0 Å².